The predicted molar refractivity (Wildman–Crippen MR) is 70.3 cm³/mol. The van der Waals surface area contributed by atoms with Gasteiger partial charge in [0.25, 0.3) is 0 Å². The van der Waals surface area contributed by atoms with E-state index in [-0.39, 0.29) is 0 Å². The van der Waals surface area contributed by atoms with Gasteiger partial charge in [0.2, 0.25) is 0 Å². The summed E-state index contributed by atoms with van der Waals surface area (Å²) in [6.45, 7) is 9.49. The van der Waals surface area contributed by atoms with E-state index in [2.05, 4.69) is 40.3 Å². The Bertz CT molecular complexity index is 211. The smallest absolute Gasteiger partial charge is 0.00169 e. The normalized spacial score (nSPS) is 40.0. The minimum Gasteiger partial charge on any atom is -0.176 e. The molecule has 0 spiro atoms. The van der Waals surface area contributed by atoms with E-state index in [1.165, 1.54) is 19.3 Å². The number of rotatable bonds is 4. The Morgan fingerprint density at radius 3 is 1.93 bits per heavy atom. The zero-order chi connectivity index (χ0) is 11.2. The molecule has 5 unspecified atom stereocenters. The lowest BCUT2D eigenvalue weighted by molar-refractivity contribution is 0.211. The highest BCUT2D eigenvalue weighted by Gasteiger charge is 2.57. The first kappa shape index (κ1) is 11.8. The Balaban J connectivity index is 2.02. The van der Waals surface area contributed by atoms with Crippen LogP contribution in [0, 0.1) is 35.5 Å². The molecular weight excluding hydrogens is 200 g/mol. The first-order valence-electron chi connectivity index (χ1n) is 6.72. The molecule has 2 rings (SSSR count). The first-order valence-corrected chi connectivity index (χ1v) is 7.23. The van der Waals surface area contributed by atoms with Gasteiger partial charge < -0.3 is 0 Å². The van der Waals surface area contributed by atoms with E-state index in [4.69, 9.17) is 0 Å². The largest absolute Gasteiger partial charge is 0.176 e. The molecule has 15 heavy (non-hydrogen) atoms. The van der Waals surface area contributed by atoms with Crippen LogP contribution in [0.5, 0.6) is 0 Å². The lowest BCUT2D eigenvalue weighted by Crippen LogP contribution is -2.27. The van der Waals surface area contributed by atoms with Crippen LogP contribution in [0.15, 0.2) is 0 Å². The summed E-state index contributed by atoms with van der Waals surface area (Å²) < 4.78 is 0. The van der Waals surface area contributed by atoms with Gasteiger partial charge in [-0.3, -0.25) is 0 Å². The van der Waals surface area contributed by atoms with Crippen LogP contribution >= 0.6 is 12.6 Å². The number of hydrogen-bond acceptors (Lipinski definition) is 1. The Labute approximate surface area is 101 Å². The minimum absolute atomic E-state index is 0.554. The van der Waals surface area contributed by atoms with Gasteiger partial charge in [0.15, 0.2) is 0 Å². The quantitative estimate of drug-likeness (QED) is 0.680. The van der Waals surface area contributed by atoms with Gasteiger partial charge in [-0.05, 0) is 48.3 Å². The lowest BCUT2D eigenvalue weighted by Gasteiger charge is -2.31. The molecule has 0 radical (unpaired) electrons. The van der Waals surface area contributed by atoms with Crippen molar-refractivity contribution in [3.05, 3.63) is 0 Å². The van der Waals surface area contributed by atoms with Crippen LogP contribution in [0.4, 0.5) is 0 Å². The SMILES string of the molecule is CC(C)C(C(C)C(C)S)C1C2CCCC21. The summed E-state index contributed by atoms with van der Waals surface area (Å²) in [7, 11) is 0. The highest BCUT2D eigenvalue weighted by Crippen LogP contribution is 2.63. The van der Waals surface area contributed by atoms with Gasteiger partial charge in [0.1, 0.15) is 0 Å². The molecule has 0 saturated heterocycles. The maximum Gasteiger partial charge on any atom is 0.00169 e. The van der Waals surface area contributed by atoms with Gasteiger partial charge in [-0.15, -0.1) is 0 Å². The Morgan fingerprint density at radius 1 is 1.00 bits per heavy atom. The number of fused-ring (bicyclic) bond motifs is 1. The molecule has 2 saturated carbocycles. The molecule has 0 aliphatic heterocycles. The molecule has 2 fully saturated rings. The molecule has 0 N–H and O–H groups in total. The van der Waals surface area contributed by atoms with Crippen LogP contribution in [-0.2, 0) is 0 Å². The van der Waals surface area contributed by atoms with Crippen LogP contribution in [-0.4, -0.2) is 5.25 Å². The zero-order valence-electron chi connectivity index (χ0n) is 10.6. The fraction of sp³-hybridized carbons (Fsp3) is 1.00. The Morgan fingerprint density at radius 2 is 1.53 bits per heavy atom. The third-order valence-corrected chi connectivity index (χ3v) is 5.53. The van der Waals surface area contributed by atoms with E-state index < -0.39 is 0 Å². The average molecular weight is 226 g/mol. The summed E-state index contributed by atoms with van der Waals surface area (Å²) in [6, 6.07) is 0. The fourth-order valence-corrected chi connectivity index (χ4v) is 4.37. The lowest BCUT2D eigenvalue weighted by atomic mass is 9.77. The highest BCUT2D eigenvalue weighted by molar-refractivity contribution is 7.80. The maximum absolute atomic E-state index is 4.66. The molecule has 0 heterocycles. The Kier molecular flexibility index (Phi) is 3.40. The molecule has 0 bridgehead atoms. The molecule has 0 amide bonds. The maximum atomic E-state index is 4.66. The summed E-state index contributed by atoms with van der Waals surface area (Å²) in [4.78, 5) is 0. The van der Waals surface area contributed by atoms with E-state index in [9.17, 15) is 0 Å². The first-order chi connectivity index (χ1) is 7.04. The van der Waals surface area contributed by atoms with Gasteiger partial charge in [-0.25, -0.2) is 0 Å². The summed E-state index contributed by atoms with van der Waals surface area (Å²) in [6.07, 6.45) is 4.54. The van der Waals surface area contributed by atoms with E-state index in [1.807, 2.05) is 0 Å². The summed E-state index contributed by atoms with van der Waals surface area (Å²) >= 11 is 4.66. The highest BCUT2D eigenvalue weighted by atomic mass is 32.1. The molecule has 0 aromatic carbocycles. The molecular formula is C14H26S. The van der Waals surface area contributed by atoms with Crippen molar-refractivity contribution in [2.45, 2.75) is 52.2 Å². The van der Waals surface area contributed by atoms with Gasteiger partial charge in [-0.2, -0.15) is 12.6 Å². The van der Waals surface area contributed by atoms with E-state index in [0.29, 0.717) is 5.25 Å². The second kappa shape index (κ2) is 4.31. The van der Waals surface area contributed by atoms with Crippen LogP contribution < -0.4 is 0 Å². The summed E-state index contributed by atoms with van der Waals surface area (Å²) in [5.41, 5.74) is 0. The molecule has 0 aromatic heterocycles. The van der Waals surface area contributed by atoms with Crippen LogP contribution in [0.2, 0.25) is 0 Å². The van der Waals surface area contributed by atoms with Crippen molar-refractivity contribution in [2.24, 2.45) is 35.5 Å². The van der Waals surface area contributed by atoms with Gasteiger partial charge in [0.05, 0.1) is 0 Å². The third-order valence-electron chi connectivity index (χ3n) is 5.06. The molecule has 0 aromatic rings. The second-order valence-corrected chi connectivity index (χ2v) is 7.07. The van der Waals surface area contributed by atoms with Gasteiger partial charge >= 0.3 is 0 Å². The molecule has 1 heteroatoms. The molecule has 88 valence electrons. The molecule has 5 atom stereocenters. The topological polar surface area (TPSA) is 0 Å². The van der Waals surface area contributed by atoms with E-state index in [1.54, 1.807) is 0 Å². The van der Waals surface area contributed by atoms with E-state index >= 15 is 0 Å². The van der Waals surface area contributed by atoms with Gasteiger partial charge in [0, 0.05) is 5.25 Å². The minimum atomic E-state index is 0.554. The molecule has 2 aliphatic rings. The zero-order valence-corrected chi connectivity index (χ0v) is 11.5. The van der Waals surface area contributed by atoms with Crippen molar-refractivity contribution in [3.8, 4) is 0 Å². The van der Waals surface area contributed by atoms with Crippen molar-refractivity contribution in [1.29, 1.82) is 0 Å². The van der Waals surface area contributed by atoms with E-state index in [0.717, 1.165) is 35.5 Å². The average Bonchev–Trinajstić information content (AvgIpc) is 2.60. The summed E-state index contributed by atoms with van der Waals surface area (Å²) in [5.74, 6) is 5.81. The van der Waals surface area contributed by atoms with Crippen molar-refractivity contribution in [1.82, 2.24) is 0 Å². The number of thiol groups is 1. The van der Waals surface area contributed by atoms with Crippen LogP contribution in [0.1, 0.15) is 47.0 Å². The van der Waals surface area contributed by atoms with Crippen molar-refractivity contribution < 1.29 is 0 Å². The molecule has 2 aliphatic carbocycles. The fourth-order valence-electron chi connectivity index (χ4n) is 4.17. The van der Waals surface area contributed by atoms with Crippen LogP contribution in [0.3, 0.4) is 0 Å². The predicted octanol–water partition coefficient (Wildman–Crippen LogP) is 4.26. The van der Waals surface area contributed by atoms with Gasteiger partial charge in [-0.1, -0.05) is 34.1 Å². The van der Waals surface area contributed by atoms with Crippen LogP contribution in [0.25, 0.3) is 0 Å². The van der Waals surface area contributed by atoms with Crippen molar-refractivity contribution >= 4 is 12.6 Å². The standard InChI is InChI=1S/C14H26S/c1-8(2)13(9(3)10(4)15)14-11-6-5-7-12(11)14/h8-15H,5-7H2,1-4H3. The van der Waals surface area contributed by atoms with Crippen molar-refractivity contribution in [3.63, 3.8) is 0 Å². The monoisotopic (exact) mass is 226 g/mol. The summed E-state index contributed by atoms with van der Waals surface area (Å²) in [5, 5.41) is 0.554. The molecule has 0 nitrogen and oxygen atoms in total. The second-order valence-electron chi connectivity index (χ2n) is 6.26. The van der Waals surface area contributed by atoms with Crippen molar-refractivity contribution in [2.75, 3.05) is 0 Å². The third kappa shape index (κ3) is 2.09. The Hall–Kier alpha value is 0.350. The number of hydrogen-bond donors (Lipinski definition) is 1.